The van der Waals surface area contributed by atoms with Crippen LogP contribution < -0.4 is 11.1 Å². The molecule has 7 heteroatoms. The molecule has 1 aromatic heterocycles. The quantitative estimate of drug-likeness (QED) is 0.709. The molecule has 2 aromatic carbocycles. The Hall–Kier alpha value is -3.06. The molecule has 6 nitrogen and oxygen atoms in total. The molecule has 0 saturated carbocycles. The standard InChI is InChI=1S/C19H20FN5O/c1-25-18(12-22-24-25)14-5-7-15(8-6-14)19(26)23-17(11-21)10-13-3-2-4-16(20)9-13/h2-9,12,17H,10-11,21H2,1H3,(H,23,26)/t17-/m0/s1. The predicted octanol–water partition coefficient (Wildman–Crippen LogP) is 1.92. The van der Waals surface area contributed by atoms with Gasteiger partial charge >= 0.3 is 0 Å². The molecule has 3 aromatic rings. The summed E-state index contributed by atoms with van der Waals surface area (Å²) < 4.78 is 15.0. The SMILES string of the molecule is Cn1nncc1-c1ccc(C(=O)N[C@H](CN)Cc2cccc(F)c2)cc1. The average Bonchev–Trinajstić information content (AvgIpc) is 3.07. The highest BCUT2D eigenvalue weighted by molar-refractivity contribution is 5.94. The first-order valence-corrected chi connectivity index (χ1v) is 8.27. The number of nitrogens with zero attached hydrogens (tertiary/aromatic N) is 3. The molecule has 1 heterocycles. The summed E-state index contributed by atoms with van der Waals surface area (Å²) in [6.07, 6.45) is 2.14. The zero-order valence-corrected chi connectivity index (χ0v) is 14.4. The first-order valence-electron chi connectivity index (χ1n) is 8.27. The zero-order chi connectivity index (χ0) is 18.5. The van der Waals surface area contributed by atoms with Crippen LogP contribution in [0.2, 0.25) is 0 Å². The second-order valence-electron chi connectivity index (χ2n) is 6.06. The Labute approximate surface area is 150 Å². The van der Waals surface area contributed by atoms with Gasteiger partial charge in [0, 0.05) is 30.8 Å². The highest BCUT2D eigenvalue weighted by atomic mass is 19.1. The highest BCUT2D eigenvalue weighted by Gasteiger charge is 2.14. The largest absolute Gasteiger partial charge is 0.348 e. The van der Waals surface area contributed by atoms with E-state index >= 15 is 0 Å². The number of aromatic nitrogens is 3. The minimum absolute atomic E-state index is 0.216. The lowest BCUT2D eigenvalue weighted by Crippen LogP contribution is -2.41. The first kappa shape index (κ1) is 17.8. The summed E-state index contributed by atoms with van der Waals surface area (Å²) in [5, 5.41) is 10.6. The molecule has 3 rings (SSSR count). The second-order valence-corrected chi connectivity index (χ2v) is 6.06. The van der Waals surface area contributed by atoms with Crippen molar-refractivity contribution in [3.8, 4) is 11.3 Å². The van der Waals surface area contributed by atoms with E-state index in [1.54, 1.807) is 36.1 Å². The molecule has 1 amide bonds. The number of hydrogen-bond donors (Lipinski definition) is 2. The van der Waals surface area contributed by atoms with Crippen LogP contribution >= 0.6 is 0 Å². The van der Waals surface area contributed by atoms with Crippen molar-refractivity contribution in [3.63, 3.8) is 0 Å². The van der Waals surface area contributed by atoms with Crippen molar-refractivity contribution < 1.29 is 9.18 Å². The Kier molecular flexibility index (Phi) is 5.38. The maximum Gasteiger partial charge on any atom is 0.251 e. The van der Waals surface area contributed by atoms with Crippen LogP contribution in [-0.4, -0.2) is 33.5 Å². The molecule has 0 unspecified atom stereocenters. The van der Waals surface area contributed by atoms with Gasteiger partial charge in [-0.25, -0.2) is 9.07 Å². The molecule has 3 N–H and O–H groups in total. The van der Waals surface area contributed by atoms with Crippen LogP contribution in [0.4, 0.5) is 4.39 Å². The van der Waals surface area contributed by atoms with Crippen molar-refractivity contribution >= 4 is 5.91 Å². The lowest BCUT2D eigenvalue weighted by molar-refractivity contribution is 0.0938. The molecule has 0 radical (unpaired) electrons. The summed E-state index contributed by atoms with van der Waals surface area (Å²) >= 11 is 0. The fraction of sp³-hybridized carbons (Fsp3) is 0.211. The van der Waals surface area contributed by atoms with E-state index in [1.165, 1.54) is 12.1 Å². The van der Waals surface area contributed by atoms with Crippen molar-refractivity contribution in [2.45, 2.75) is 12.5 Å². The van der Waals surface area contributed by atoms with Crippen LogP contribution in [0.25, 0.3) is 11.3 Å². The molecular formula is C19H20FN5O. The highest BCUT2D eigenvalue weighted by Crippen LogP contribution is 2.17. The third-order valence-corrected chi connectivity index (χ3v) is 4.15. The summed E-state index contributed by atoms with van der Waals surface area (Å²) in [5.41, 5.74) is 8.87. The number of nitrogens with one attached hydrogen (secondary N) is 1. The maximum atomic E-state index is 13.3. The smallest absolute Gasteiger partial charge is 0.251 e. The number of hydrogen-bond acceptors (Lipinski definition) is 4. The Morgan fingerprint density at radius 2 is 2.04 bits per heavy atom. The number of benzene rings is 2. The van der Waals surface area contributed by atoms with Gasteiger partial charge in [-0.15, -0.1) is 5.10 Å². The Bertz CT molecular complexity index is 891. The fourth-order valence-corrected chi connectivity index (χ4v) is 2.75. The van der Waals surface area contributed by atoms with E-state index in [1.807, 2.05) is 18.2 Å². The number of carbonyl (C=O) groups is 1. The Balaban J connectivity index is 1.67. The van der Waals surface area contributed by atoms with Crippen LogP contribution in [0.1, 0.15) is 15.9 Å². The normalized spacial score (nSPS) is 12.0. The molecule has 0 spiro atoms. The third kappa shape index (κ3) is 4.12. The average molecular weight is 353 g/mol. The predicted molar refractivity (Wildman–Crippen MR) is 96.9 cm³/mol. The summed E-state index contributed by atoms with van der Waals surface area (Å²) in [5.74, 6) is -0.517. The summed E-state index contributed by atoms with van der Waals surface area (Å²) in [7, 11) is 1.81. The van der Waals surface area contributed by atoms with Gasteiger partial charge in [0.05, 0.1) is 11.9 Å². The monoisotopic (exact) mass is 353 g/mol. The number of amides is 1. The minimum atomic E-state index is -0.301. The molecule has 134 valence electrons. The van der Waals surface area contributed by atoms with Gasteiger partial charge in [-0.1, -0.05) is 29.5 Å². The van der Waals surface area contributed by atoms with E-state index in [0.29, 0.717) is 12.0 Å². The van der Waals surface area contributed by atoms with Gasteiger partial charge in [0.15, 0.2) is 0 Å². The lowest BCUT2D eigenvalue weighted by atomic mass is 10.0. The summed E-state index contributed by atoms with van der Waals surface area (Å²) in [4.78, 5) is 12.5. The van der Waals surface area contributed by atoms with Crippen molar-refractivity contribution in [2.75, 3.05) is 6.54 Å². The molecule has 26 heavy (non-hydrogen) atoms. The molecule has 0 bridgehead atoms. The number of carbonyl (C=O) groups excluding carboxylic acids is 1. The summed E-state index contributed by atoms with van der Waals surface area (Å²) in [6.45, 7) is 0.265. The number of rotatable bonds is 6. The van der Waals surface area contributed by atoms with Crippen molar-refractivity contribution in [1.82, 2.24) is 20.3 Å². The minimum Gasteiger partial charge on any atom is -0.348 e. The van der Waals surface area contributed by atoms with Crippen molar-refractivity contribution in [1.29, 1.82) is 0 Å². The van der Waals surface area contributed by atoms with E-state index in [2.05, 4.69) is 15.6 Å². The topological polar surface area (TPSA) is 85.8 Å². The first-order chi connectivity index (χ1) is 12.6. The third-order valence-electron chi connectivity index (χ3n) is 4.15. The molecule has 0 fully saturated rings. The van der Waals surface area contributed by atoms with Gasteiger partial charge in [0.25, 0.3) is 5.91 Å². The van der Waals surface area contributed by atoms with E-state index in [4.69, 9.17) is 5.73 Å². The summed E-state index contributed by atoms with van der Waals surface area (Å²) in [6, 6.07) is 13.2. The molecule has 1 atom stereocenters. The molecule has 0 aliphatic rings. The van der Waals surface area contributed by atoms with E-state index in [9.17, 15) is 9.18 Å². The Morgan fingerprint density at radius 3 is 2.65 bits per heavy atom. The fourth-order valence-electron chi connectivity index (χ4n) is 2.75. The molecule has 0 aliphatic heterocycles. The van der Waals surface area contributed by atoms with Crippen LogP contribution in [-0.2, 0) is 13.5 Å². The van der Waals surface area contributed by atoms with Crippen molar-refractivity contribution in [3.05, 3.63) is 71.7 Å². The van der Waals surface area contributed by atoms with Crippen LogP contribution in [0.5, 0.6) is 0 Å². The second kappa shape index (κ2) is 7.88. The van der Waals surface area contributed by atoms with Crippen LogP contribution in [0.15, 0.2) is 54.7 Å². The molecule has 0 aliphatic carbocycles. The van der Waals surface area contributed by atoms with E-state index < -0.39 is 0 Å². The van der Waals surface area contributed by atoms with Gasteiger partial charge in [0.2, 0.25) is 0 Å². The lowest BCUT2D eigenvalue weighted by Gasteiger charge is -2.17. The van der Waals surface area contributed by atoms with Crippen molar-refractivity contribution in [2.24, 2.45) is 12.8 Å². The number of nitrogens with two attached hydrogens (primary N) is 1. The van der Waals surface area contributed by atoms with E-state index in [0.717, 1.165) is 16.8 Å². The van der Waals surface area contributed by atoms with Gasteiger partial charge in [0.1, 0.15) is 5.82 Å². The maximum absolute atomic E-state index is 13.3. The number of aryl methyl sites for hydroxylation is 1. The molecular weight excluding hydrogens is 333 g/mol. The van der Waals surface area contributed by atoms with Crippen LogP contribution in [0, 0.1) is 5.82 Å². The number of halogens is 1. The van der Waals surface area contributed by atoms with Gasteiger partial charge in [-0.3, -0.25) is 4.79 Å². The van der Waals surface area contributed by atoms with Crippen LogP contribution in [0.3, 0.4) is 0 Å². The van der Waals surface area contributed by atoms with Gasteiger partial charge in [-0.05, 0) is 36.2 Å². The Morgan fingerprint density at radius 1 is 1.27 bits per heavy atom. The zero-order valence-electron chi connectivity index (χ0n) is 14.4. The van der Waals surface area contributed by atoms with Gasteiger partial charge < -0.3 is 11.1 Å². The van der Waals surface area contributed by atoms with Gasteiger partial charge in [-0.2, -0.15) is 0 Å². The molecule has 0 saturated heterocycles. The van der Waals surface area contributed by atoms with E-state index in [-0.39, 0.29) is 24.3 Å².